The highest BCUT2D eigenvalue weighted by atomic mass is 16.2. The van der Waals surface area contributed by atoms with Crippen molar-refractivity contribution in [2.75, 3.05) is 19.6 Å². The highest BCUT2D eigenvalue weighted by Crippen LogP contribution is 2.28. The standard InChI is InChI=1S/C19H20N4O/c24-19(22-18-11-23-7-5-12(18)6-8-23)16-9-14-13-3-1-2-4-15(13)21-17(14)10-20-16/h1-4,9-10,12,18,21H,5-8,11H2,(H,22,24)/t18-/m0/s1. The molecule has 5 heterocycles. The van der Waals surface area contributed by atoms with E-state index in [1.807, 2.05) is 24.3 Å². The molecule has 3 aliphatic heterocycles. The maximum Gasteiger partial charge on any atom is 0.270 e. The van der Waals surface area contributed by atoms with Crippen LogP contribution in [0, 0.1) is 5.92 Å². The van der Waals surface area contributed by atoms with Crippen LogP contribution in [0.1, 0.15) is 23.3 Å². The molecule has 2 aromatic heterocycles. The van der Waals surface area contributed by atoms with Gasteiger partial charge in [-0.2, -0.15) is 0 Å². The number of aromatic nitrogens is 2. The molecule has 1 aromatic carbocycles. The van der Waals surface area contributed by atoms with Crippen LogP contribution >= 0.6 is 0 Å². The molecule has 5 nitrogen and oxygen atoms in total. The zero-order chi connectivity index (χ0) is 16.1. The number of carbonyl (C=O) groups excluding carboxylic acids is 1. The van der Waals surface area contributed by atoms with E-state index in [1.165, 1.54) is 25.9 Å². The van der Waals surface area contributed by atoms with E-state index in [2.05, 4.69) is 26.3 Å². The lowest BCUT2D eigenvalue weighted by Crippen LogP contribution is -2.57. The van der Waals surface area contributed by atoms with Crippen molar-refractivity contribution in [2.24, 2.45) is 5.92 Å². The highest BCUT2D eigenvalue weighted by molar-refractivity contribution is 6.09. The maximum absolute atomic E-state index is 12.7. The fraction of sp³-hybridized carbons (Fsp3) is 0.368. The summed E-state index contributed by atoms with van der Waals surface area (Å²) in [6, 6.07) is 10.3. The molecule has 0 aliphatic carbocycles. The van der Waals surface area contributed by atoms with Crippen LogP contribution in [0.4, 0.5) is 0 Å². The Hall–Kier alpha value is -2.40. The third-order valence-electron chi connectivity index (χ3n) is 5.60. The van der Waals surface area contributed by atoms with Gasteiger partial charge in [-0.3, -0.25) is 4.79 Å². The number of amides is 1. The van der Waals surface area contributed by atoms with Crippen LogP contribution in [0.3, 0.4) is 0 Å². The van der Waals surface area contributed by atoms with Gasteiger partial charge in [0, 0.05) is 28.9 Å². The molecule has 0 spiro atoms. The van der Waals surface area contributed by atoms with E-state index in [9.17, 15) is 4.79 Å². The molecule has 0 unspecified atom stereocenters. The average molecular weight is 320 g/mol. The summed E-state index contributed by atoms with van der Waals surface area (Å²) < 4.78 is 0. The first-order valence-corrected chi connectivity index (χ1v) is 8.67. The number of rotatable bonds is 2. The van der Waals surface area contributed by atoms with Crippen LogP contribution < -0.4 is 5.32 Å². The number of fused-ring (bicyclic) bond motifs is 6. The quantitative estimate of drug-likeness (QED) is 0.763. The normalized spacial score (nSPS) is 26.1. The average Bonchev–Trinajstić information content (AvgIpc) is 3.00. The van der Waals surface area contributed by atoms with Crippen LogP contribution in [0.2, 0.25) is 0 Å². The van der Waals surface area contributed by atoms with Gasteiger partial charge < -0.3 is 15.2 Å². The molecule has 3 aromatic rings. The van der Waals surface area contributed by atoms with Gasteiger partial charge in [-0.05, 0) is 44.0 Å². The number of benzene rings is 1. The molecule has 24 heavy (non-hydrogen) atoms. The molecule has 1 amide bonds. The number of hydrogen-bond donors (Lipinski definition) is 2. The second kappa shape index (κ2) is 5.31. The van der Waals surface area contributed by atoms with Crippen molar-refractivity contribution in [3.8, 4) is 0 Å². The smallest absolute Gasteiger partial charge is 0.270 e. The Bertz CT molecular complexity index is 923. The van der Waals surface area contributed by atoms with Gasteiger partial charge in [0.25, 0.3) is 5.91 Å². The molecule has 3 aliphatic rings. The zero-order valence-corrected chi connectivity index (χ0v) is 13.5. The largest absolute Gasteiger partial charge is 0.353 e. The lowest BCUT2D eigenvalue weighted by atomic mass is 9.84. The Balaban J connectivity index is 1.45. The molecular weight excluding hydrogens is 300 g/mol. The number of carbonyl (C=O) groups is 1. The Morgan fingerprint density at radius 2 is 2.00 bits per heavy atom. The van der Waals surface area contributed by atoms with Gasteiger partial charge in [0.2, 0.25) is 0 Å². The number of nitrogens with one attached hydrogen (secondary N) is 2. The number of para-hydroxylation sites is 1. The van der Waals surface area contributed by atoms with Crippen molar-refractivity contribution in [3.63, 3.8) is 0 Å². The fourth-order valence-electron chi connectivity index (χ4n) is 4.25. The van der Waals surface area contributed by atoms with Crippen LogP contribution in [-0.2, 0) is 0 Å². The minimum absolute atomic E-state index is 0.0547. The molecule has 0 saturated carbocycles. The van der Waals surface area contributed by atoms with E-state index in [-0.39, 0.29) is 11.9 Å². The number of H-pyrrole nitrogens is 1. The lowest BCUT2D eigenvalue weighted by Gasteiger charge is -2.44. The SMILES string of the molecule is O=C(N[C@H]1CN2CCC1CC2)c1cc2c(cn1)[nH]c1ccccc12. The second-order valence-electron chi connectivity index (χ2n) is 7.00. The summed E-state index contributed by atoms with van der Waals surface area (Å²) >= 11 is 0. The summed E-state index contributed by atoms with van der Waals surface area (Å²) in [7, 11) is 0. The first-order valence-electron chi connectivity index (χ1n) is 8.67. The van der Waals surface area contributed by atoms with Gasteiger partial charge in [0.1, 0.15) is 5.69 Å². The van der Waals surface area contributed by atoms with Gasteiger partial charge in [-0.25, -0.2) is 4.98 Å². The van der Waals surface area contributed by atoms with Gasteiger partial charge in [0.15, 0.2) is 0 Å². The molecular formula is C19H20N4O. The number of pyridine rings is 1. The fourth-order valence-corrected chi connectivity index (χ4v) is 4.25. The number of nitrogens with zero attached hydrogens (tertiary/aromatic N) is 2. The molecule has 1 atom stereocenters. The number of hydrogen-bond acceptors (Lipinski definition) is 3. The van der Waals surface area contributed by atoms with Crippen LogP contribution in [-0.4, -0.2) is 46.5 Å². The molecule has 3 fully saturated rings. The van der Waals surface area contributed by atoms with E-state index < -0.39 is 0 Å². The Morgan fingerprint density at radius 3 is 2.79 bits per heavy atom. The maximum atomic E-state index is 12.7. The molecule has 3 saturated heterocycles. The summed E-state index contributed by atoms with van der Waals surface area (Å²) in [6.07, 6.45) is 4.15. The first-order chi connectivity index (χ1) is 11.8. The first kappa shape index (κ1) is 14.0. The van der Waals surface area contributed by atoms with Gasteiger partial charge in [0.05, 0.1) is 11.7 Å². The predicted octanol–water partition coefficient (Wildman–Crippen LogP) is 2.54. The van der Waals surface area contributed by atoms with E-state index in [4.69, 9.17) is 0 Å². The predicted molar refractivity (Wildman–Crippen MR) is 94.0 cm³/mol. The molecule has 0 radical (unpaired) electrons. The summed E-state index contributed by atoms with van der Waals surface area (Å²) in [5.74, 6) is 0.566. The van der Waals surface area contributed by atoms with E-state index in [0.29, 0.717) is 11.6 Å². The van der Waals surface area contributed by atoms with E-state index in [1.54, 1.807) is 6.20 Å². The third-order valence-corrected chi connectivity index (χ3v) is 5.60. The minimum atomic E-state index is -0.0547. The summed E-state index contributed by atoms with van der Waals surface area (Å²) in [4.78, 5) is 22.9. The topological polar surface area (TPSA) is 61.0 Å². The van der Waals surface area contributed by atoms with Crippen molar-refractivity contribution in [1.29, 1.82) is 0 Å². The van der Waals surface area contributed by atoms with Gasteiger partial charge in [-0.1, -0.05) is 18.2 Å². The Morgan fingerprint density at radius 1 is 1.17 bits per heavy atom. The van der Waals surface area contributed by atoms with Crippen molar-refractivity contribution in [1.82, 2.24) is 20.2 Å². The lowest BCUT2D eigenvalue weighted by molar-refractivity contribution is 0.0618. The van der Waals surface area contributed by atoms with E-state index in [0.717, 1.165) is 28.4 Å². The summed E-state index contributed by atoms with van der Waals surface area (Å²) in [6.45, 7) is 3.33. The molecule has 122 valence electrons. The molecule has 5 heteroatoms. The van der Waals surface area contributed by atoms with E-state index >= 15 is 0 Å². The van der Waals surface area contributed by atoms with Crippen LogP contribution in [0.25, 0.3) is 21.8 Å². The summed E-state index contributed by atoms with van der Waals surface area (Å²) in [5, 5.41) is 5.40. The van der Waals surface area contributed by atoms with Crippen molar-refractivity contribution < 1.29 is 4.79 Å². The van der Waals surface area contributed by atoms with Crippen LogP contribution in [0.5, 0.6) is 0 Å². The Kier molecular flexibility index (Phi) is 3.10. The van der Waals surface area contributed by atoms with Crippen LogP contribution in [0.15, 0.2) is 36.5 Å². The number of piperidine rings is 3. The zero-order valence-electron chi connectivity index (χ0n) is 13.5. The Labute approximate surface area is 140 Å². The summed E-state index contributed by atoms with van der Waals surface area (Å²) in [5.41, 5.74) is 2.54. The number of aromatic amines is 1. The molecule has 2 bridgehead atoms. The second-order valence-corrected chi connectivity index (χ2v) is 7.00. The van der Waals surface area contributed by atoms with Crippen molar-refractivity contribution in [3.05, 3.63) is 42.2 Å². The van der Waals surface area contributed by atoms with Gasteiger partial charge in [-0.15, -0.1) is 0 Å². The molecule has 2 N–H and O–H groups in total. The third kappa shape index (κ3) is 2.19. The van der Waals surface area contributed by atoms with Gasteiger partial charge >= 0.3 is 0 Å². The molecule has 6 rings (SSSR count). The van der Waals surface area contributed by atoms with Crippen molar-refractivity contribution in [2.45, 2.75) is 18.9 Å². The monoisotopic (exact) mass is 320 g/mol. The van der Waals surface area contributed by atoms with Crippen molar-refractivity contribution >= 4 is 27.7 Å². The minimum Gasteiger partial charge on any atom is -0.353 e. The highest BCUT2D eigenvalue weighted by Gasteiger charge is 2.35.